The molecule has 1 atom stereocenters. The van der Waals surface area contributed by atoms with E-state index in [9.17, 15) is 9.18 Å². The van der Waals surface area contributed by atoms with E-state index in [1.807, 2.05) is 6.92 Å². The van der Waals surface area contributed by atoms with Crippen LogP contribution in [0.5, 0.6) is 0 Å². The first kappa shape index (κ1) is 16.3. The normalized spacial score (nSPS) is 12.4. The number of carboxylic acids is 1. The molecule has 5 heteroatoms. The Kier molecular flexibility index (Phi) is 5.80. The number of carboxylic acid groups (broad SMARTS) is 1. The van der Waals surface area contributed by atoms with Gasteiger partial charge in [-0.05, 0) is 31.4 Å². The maximum absolute atomic E-state index is 13.8. The number of nitrogens with two attached hydrogens (primary N) is 1. The molecule has 1 aromatic carbocycles. The quantitative estimate of drug-likeness (QED) is 0.666. The molecule has 0 amide bonds. The van der Waals surface area contributed by atoms with Crippen molar-refractivity contribution in [3.63, 3.8) is 0 Å². The minimum Gasteiger partial charge on any atom is -0.478 e. The molecule has 0 fully saturated rings. The van der Waals surface area contributed by atoms with Gasteiger partial charge in [0.05, 0.1) is 11.3 Å². The van der Waals surface area contributed by atoms with E-state index in [1.165, 1.54) is 6.07 Å². The summed E-state index contributed by atoms with van der Waals surface area (Å²) < 4.78 is 13.8. The van der Waals surface area contributed by atoms with Gasteiger partial charge in [0.25, 0.3) is 0 Å². The van der Waals surface area contributed by atoms with Gasteiger partial charge in [-0.2, -0.15) is 0 Å². The lowest BCUT2D eigenvalue weighted by Crippen LogP contribution is -2.17. The first-order chi connectivity index (χ1) is 9.31. The maximum Gasteiger partial charge on any atom is 0.337 e. The van der Waals surface area contributed by atoms with E-state index in [0.717, 1.165) is 25.3 Å². The van der Waals surface area contributed by atoms with Crippen LogP contribution in [-0.2, 0) is 0 Å². The second kappa shape index (κ2) is 7.12. The van der Waals surface area contributed by atoms with Crippen molar-refractivity contribution in [1.82, 2.24) is 0 Å². The van der Waals surface area contributed by atoms with Crippen LogP contribution in [0.4, 0.5) is 15.8 Å². The zero-order chi connectivity index (χ0) is 15.3. The molecule has 0 aromatic heterocycles. The average molecular weight is 282 g/mol. The standard InChI is InChI=1S/C15H23FN2O2/c1-9(2)5-4-6-10(3)18-14-7-11(15(19)20)13(17)8-12(14)16/h7-10,18H,4-6,17H2,1-3H3,(H,19,20). The highest BCUT2D eigenvalue weighted by atomic mass is 19.1. The molecule has 0 spiro atoms. The molecule has 1 unspecified atom stereocenters. The Labute approximate surface area is 119 Å². The smallest absolute Gasteiger partial charge is 0.337 e. The van der Waals surface area contributed by atoms with Gasteiger partial charge in [0, 0.05) is 11.7 Å². The predicted octanol–water partition coefficient (Wildman–Crippen LogP) is 3.73. The molecule has 1 rings (SSSR count). The van der Waals surface area contributed by atoms with Crippen LogP contribution in [0, 0.1) is 11.7 Å². The van der Waals surface area contributed by atoms with Crippen LogP contribution in [0.25, 0.3) is 0 Å². The number of nitrogens with one attached hydrogen (secondary N) is 1. The van der Waals surface area contributed by atoms with Gasteiger partial charge >= 0.3 is 5.97 Å². The highest BCUT2D eigenvalue weighted by Crippen LogP contribution is 2.23. The van der Waals surface area contributed by atoms with Gasteiger partial charge in [-0.1, -0.05) is 26.7 Å². The summed E-state index contributed by atoms with van der Waals surface area (Å²) in [7, 11) is 0. The Balaban J connectivity index is 2.71. The van der Waals surface area contributed by atoms with Crippen molar-refractivity contribution < 1.29 is 14.3 Å². The van der Waals surface area contributed by atoms with E-state index in [1.54, 1.807) is 0 Å². The largest absolute Gasteiger partial charge is 0.478 e. The Morgan fingerprint density at radius 3 is 2.55 bits per heavy atom. The lowest BCUT2D eigenvalue weighted by Gasteiger charge is -2.17. The van der Waals surface area contributed by atoms with Gasteiger partial charge in [-0.3, -0.25) is 0 Å². The van der Waals surface area contributed by atoms with E-state index in [4.69, 9.17) is 10.8 Å². The third-order valence-corrected chi connectivity index (χ3v) is 3.19. The molecule has 20 heavy (non-hydrogen) atoms. The first-order valence-electron chi connectivity index (χ1n) is 6.90. The van der Waals surface area contributed by atoms with E-state index in [2.05, 4.69) is 19.2 Å². The number of hydrogen-bond donors (Lipinski definition) is 3. The topological polar surface area (TPSA) is 75.3 Å². The number of hydrogen-bond acceptors (Lipinski definition) is 3. The summed E-state index contributed by atoms with van der Waals surface area (Å²) in [6, 6.07) is 2.38. The lowest BCUT2D eigenvalue weighted by molar-refractivity contribution is 0.0698. The van der Waals surface area contributed by atoms with Crippen LogP contribution < -0.4 is 11.1 Å². The van der Waals surface area contributed by atoms with Gasteiger partial charge in [0.15, 0.2) is 0 Å². The molecule has 112 valence electrons. The van der Waals surface area contributed by atoms with Crippen molar-refractivity contribution in [1.29, 1.82) is 0 Å². The molecule has 0 aliphatic rings. The summed E-state index contributed by atoms with van der Waals surface area (Å²) in [6.45, 7) is 6.28. The monoisotopic (exact) mass is 282 g/mol. The number of anilines is 2. The SMILES string of the molecule is CC(C)CCCC(C)Nc1cc(C(=O)O)c(N)cc1F. The summed E-state index contributed by atoms with van der Waals surface area (Å²) in [5.41, 5.74) is 5.53. The molecular weight excluding hydrogens is 259 g/mol. The molecule has 4 nitrogen and oxygen atoms in total. The number of rotatable bonds is 7. The fourth-order valence-electron chi connectivity index (χ4n) is 2.05. The Morgan fingerprint density at radius 1 is 1.35 bits per heavy atom. The summed E-state index contributed by atoms with van der Waals surface area (Å²) >= 11 is 0. The highest BCUT2D eigenvalue weighted by molar-refractivity contribution is 5.94. The van der Waals surface area contributed by atoms with E-state index in [-0.39, 0.29) is 23.0 Å². The zero-order valence-corrected chi connectivity index (χ0v) is 12.2. The van der Waals surface area contributed by atoms with Crippen LogP contribution in [-0.4, -0.2) is 17.1 Å². The van der Waals surface area contributed by atoms with Gasteiger partial charge in [0.1, 0.15) is 5.82 Å². The van der Waals surface area contributed by atoms with Gasteiger partial charge in [0.2, 0.25) is 0 Å². The first-order valence-corrected chi connectivity index (χ1v) is 6.90. The molecule has 0 heterocycles. The van der Waals surface area contributed by atoms with Crippen molar-refractivity contribution in [2.75, 3.05) is 11.1 Å². The van der Waals surface area contributed by atoms with Crippen molar-refractivity contribution in [3.8, 4) is 0 Å². The summed E-state index contributed by atoms with van der Waals surface area (Å²) in [5.74, 6) is -1.03. The molecule has 0 saturated carbocycles. The molecule has 0 bridgehead atoms. The number of nitrogen functional groups attached to an aromatic ring is 1. The maximum atomic E-state index is 13.8. The fourth-order valence-corrected chi connectivity index (χ4v) is 2.05. The third-order valence-electron chi connectivity index (χ3n) is 3.19. The van der Waals surface area contributed by atoms with E-state index < -0.39 is 11.8 Å². The predicted molar refractivity (Wildman–Crippen MR) is 79.5 cm³/mol. The number of aromatic carboxylic acids is 1. The molecule has 0 aliphatic carbocycles. The molecular formula is C15H23FN2O2. The van der Waals surface area contributed by atoms with E-state index >= 15 is 0 Å². The minimum atomic E-state index is -1.15. The molecule has 0 saturated heterocycles. The van der Waals surface area contributed by atoms with Crippen LogP contribution in [0.2, 0.25) is 0 Å². The fraction of sp³-hybridized carbons (Fsp3) is 0.533. The second-order valence-corrected chi connectivity index (χ2v) is 5.59. The van der Waals surface area contributed by atoms with E-state index in [0.29, 0.717) is 5.92 Å². The van der Waals surface area contributed by atoms with Crippen LogP contribution >= 0.6 is 0 Å². The third kappa shape index (κ3) is 4.72. The average Bonchev–Trinajstić information content (AvgIpc) is 2.31. The van der Waals surface area contributed by atoms with Crippen LogP contribution in [0.3, 0.4) is 0 Å². The minimum absolute atomic E-state index is 0.0620. The van der Waals surface area contributed by atoms with Gasteiger partial charge in [-0.15, -0.1) is 0 Å². The molecule has 4 N–H and O–H groups in total. The highest BCUT2D eigenvalue weighted by Gasteiger charge is 2.14. The number of carbonyl (C=O) groups is 1. The van der Waals surface area contributed by atoms with Crippen molar-refractivity contribution >= 4 is 17.3 Å². The Bertz CT molecular complexity index is 475. The van der Waals surface area contributed by atoms with Crippen LogP contribution in [0.15, 0.2) is 12.1 Å². The number of halogens is 1. The van der Waals surface area contributed by atoms with Gasteiger partial charge < -0.3 is 16.2 Å². The van der Waals surface area contributed by atoms with Crippen molar-refractivity contribution in [2.24, 2.45) is 5.92 Å². The summed E-state index contributed by atoms with van der Waals surface area (Å²) in [5, 5.41) is 12.0. The van der Waals surface area contributed by atoms with Crippen molar-refractivity contribution in [3.05, 3.63) is 23.5 Å². The summed E-state index contributed by atoms with van der Waals surface area (Å²) in [6.07, 6.45) is 3.08. The zero-order valence-electron chi connectivity index (χ0n) is 12.2. The molecule has 0 aliphatic heterocycles. The van der Waals surface area contributed by atoms with Crippen molar-refractivity contribution in [2.45, 2.75) is 46.1 Å². The Morgan fingerprint density at radius 2 is 2.00 bits per heavy atom. The summed E-state index contributed by atoms with van der Waals surface area (Å²) in [4.78, 5) is 11.0. The van der Waals surface area contributed by atoms with Gasteiger partial charge in [-0.25, -0.2) is 9.18 Å². The molecule has 1 aromatic rings. The van der Waals surface area contributed by atoms with Crippen LogP contribution in [0.1, 0.15) is 50.4 Å². The lowest BCUT2D eigenvalue weighted by atomic mass is 10.0. The molecule has 0 radical (unpaired) electrons. The number of benzene rings is 1. The second-order valence-electron chi connectivity index (χ2n) is 5.59. The Hall–Kier alpha value is -1.78.